The Kier molecular flexibility index (Phi) is 2.55. The van der Waals surface area contributed by atoms with Gasteiger partial charge in [0.25, 0.3) is 0 Å². The molecule has 3 aliphatic rings. The van der Waals surface area contributed by atoms with Crippen molar-refractivity contribution in [3.05, 3.63) is 53.6 Å². The molecular weight excluding hydrogens is 290 g/mol. The molecule has 0 saturated heterocycles. The minimum absolute atomic E-state index is 0.223. The lowest BCUT2D eigenvalue weighted by molar-refractivity contribution is -0.120. The molecule has 2 heterocycles. The summed E-state index contributed by atoms with van der Waals surface area (Å²) in [5.41, 5.74) is 3.02. The van der Waals surface area contributed by atoms with Crippen LogP contribution in [0.1, 0.15) is 24.0 Å². The molecule has 4 heteroatoms. The smallest absolute Gasteiger partial charge is 0.237 e. The predicted molar refractivity (Wildman–Crippen MR) is 86.0 cm³/mol. The first-order chi connectivity index (χ1) is 11.3. The first-order valence-electron chi connectivity index (χ1n) is 8.08. The minimum Gasteiger partial charge on any atom is -0.454 e. The average molecular weight is 307 g/mol. The van der Waals surface area contributed by atoms with Crippen LogP contribution in [0.25, 0.3) is 0 Å². The molecule has 1 saturated carbocycles. The highest BCUT2D eigenvalue weighted by Gasteiger charge is 2.54. The standard InChI is InChI=1S/C19H17NO3/c21-18(20-10-7-13-3-1-2-4-15(13)20)19(8-9-19)14-5-6-16-17(11-14)23-12-22-16/h1-6,11H,7-10,12H2. The highest BCUT2D eigenvalue weighted by atomic mass is 16.7. The number of amides is 1. The molecule has 0 aromatic heterocycles. The van der Waals surface area contributed by atoms with E-state index in [-0.39, 0.29) is 18.1 Å². The Morgan fingerprint density at radius 3 is 2.74 bits per heavy atom. The summed E-state index contributed by atoms with van der Waals surface area (Å²) < 4.78 is 10.9. The molecule has 0 bridgehead atoms. The number of ether oxygens (including phenoxy) is 2. The topological polar surface area (TPSA) is 38.8 Å². The molecule has 2 aromatic carbocycles. The van der Waals surface area contributed by atoms with Gasteiger partial charge in [-0.05, 0) is 48.6 Å². The Morgan fingerprint density at radius 1 is 1.04 bits per heavy atom. The molecule has 4 nitrogen and oxygen atoms in total. The monoisotopic (exact) mass is 307 g/mol. The summed E-state index contributed by atoms with van der Waals surface area (Å²) in [4.78, 5) is 15.2. The van der Waals surface area contributed by atoms with Crippen molar-refractivity contribution in [2.45, 2.75) is 24.7 Å². The number of hydrogen-bond donors (Lipinski definition) is 0. The van der Waals surface area contributed by atoms with E-state index in [1.54, 1.807) is 0 Å². The maximum absolute atomic E-state index is 13.2. The van der Waals surface area contributed by atoms with Crippen molar-refractivity contribution in [3.63, 3.8) is 0 Å². The van der Waals surface area contributed by atoms with E-state index in [4.69, 9.17) is 9.47 Å². The van der Waals surface area contributed by atoms with E-state index in [2.05, 4.69) is 12.1 Å². The molecule has 2 aromatic rings. The number of anilines is 1. The van der Waals surface area contributed by atoms with Gasteiger partial charge in [0.05, 0.1) is 5.41 Å². The molecule has 23 heavy (non-hydrogen) atoms. The Hall–Kier alpha value is -2.49. The van der Waals surface area contributed by atoms with Gasteiger partial charge in [0.15, 0.2) is 11.5 Å². The summed E-state index contributed by atoms with van der Waals surface area (Å²) in [6.07, 6.45) is 2.76. The van der Waals surface area contributed by atoms with Gasteiger partial charge in [0.2, 0.25) is 12.7 Å². The van der Waals surface area contributed by atoms with Crippen molar-refractivity contribution in [1.82, 2.24) is 0 Å². The first kappa shape index (κ1) is 13.0. The van der Waals surface area contributed by atoms with Gasteiger partial charge in [-0.2, -0.15) is 0 Å². The molecule has 5 rings (SSSR count). The van der Waals surface area contributed by atoms with Crippen LogP contribution in [0.5, 0.6) is 11.5 Å². The highest BCUT2D eigenvalue weighted by molar-refractivity contribution is 6.04. The van der Waals surface area contributed by atoms with E-state index in [1.165, 1.54) is 5.56 Å². The third-order valence-electron chi connectivity index (χ3n) is 5.22. The van der Waals surface area contributed by atoms with Crippen LogP contribution in [0.2, 0.25) is 0 Å². The van der Waals surface area contributed by atoms with E-state index in [1.807, 2.05) is 35.2 Å². The zero-order chi connectivity index (χ0) is 15.4. The molecule has 0 radical (unpaired) electrons. The van der Waals surface area contributed by atoms with Crippen molar-refractivity contribution >= 4 is 11.6 Å². The van der Waals surface area contributed by atoms with Crippen LogP contribution < -0.4 is 14.4 Å². The van der Waals surface area contributed by atoms with Gasteiger partial charge >= 0.3 is 0 Å². The SMILES string of the molecule is O=C(N1CCc2ccccc21)C1(c2ccc3c(c2)OCO3)CC1. The summed E-state index contributed by atoms with van der Waals surface area (Å²) >= 11 is 0. The second-order valence-corrected chi connectivity index (χ2v) is 6.49. The van der Waals surface area contributed by atoms with Crippen molar-refractivity contribution in [1.29, 1.82) is 0 Å². The van der Waals surface area contributed by atoms with Crippen molar-refractivity contribution in [2.75, 3.05) is 18.2 Å². The molecule has 2 aliphatic heterocycles. The molecule has 116 valence electrons. The fourth-order valence-electron chi connectivity index (χ4n) is 3.75. The summed E-state index contributed by atoms with van der Waals surface area (Å²) in [6.45, 7) is 1.05. The van der Waals surface area contributed by atoms with Crippen LogP contribution in [0, 0.1) is 0 Å². The normalized spacial score (nSPS) is 19.6. The number of fused-ring (bicyclic) bond motifs is 2. The molecule has 0 atom stereocenters. The lowest BCUT2D eigenvalue weighted by atomic mass is 9.93. The number of hydrogen-bond acceptors (Lipinski definition) is 3. The van der Waals surface area contributed by atoms with Gasteiger partial charge in [-0.25, -0.2) is 0 Å². The molecule has 1 amide bonds. The Bertz CT molecular complexity index is 810. The first-order valence-corrected chi connectivity index (χ1v) is 8.08. The largest absolute Gasteiger partial charge is 0.454 e. The molecule has 1 aliphatic carbocycles. The zero-order valence-electron chi connectivity index (χ0n) is 12.7. The summed E-state index contributed by atoms with van der Waals surface area (Å²) in [7, 11) is 0. The fourth-order valence-corrected chi connectivity index (χ4v) is 3.75. The zero-order valence-corrected chi connectivity index (χ0v) is 12.7. The average Bonchev–Trinajstić information content (AvgIpc) is 3.07. The van der Waals surface area contributed by atoms with Gasteiger partial charge in [-0.15, -0.1) is 0 Å². The lowest BCUT2D eigenvalue weighted by Crippen LogP contribution is -2.38. The van der Waals surface area contributed by atoms with E-state index >= 15 is 0 Å². The number of benzene rings is 2. The van der Waals surface area contributed by atoms with E-state index in [0.29, 0.717) is 0 Å². The summed E-state index contributed by atoms with van der Waals surface area (Å²) in [5, 5.41) is 0. The van der Waals surface area contributed by atoms with Crippen LogP contribution in [0.4, 0.5) is 5.69 Å². The fraction of sp³-hybridized carbons (Fsp3) is 0.316. The quantitative estimate of drug-likeness (QED) is 0.856. The number of carbonyl (C=O) groups is 1. The summed E-state index contributed by atoms with van der Waals surface area (Å²) in [6, 6.07) is 14.1. The minimum atomic E-state index is -0.377. The van der Waals surface area contributed by atoms with E-state index < -0.39 is 0 Å². The van der Waals surface area contributed by atoms with Crippen LogP contribution in [-0.2, 0) is 16.6 Å². The van der Waals surface area contributed by atoms with Crippen LogP contribution >= 0.6 is 0 Å². The van der Waals surface area contributed by atoms with Gasteiger partial charge in [0, 0.05) is 12.2 Å². The third-order valence-corrected chi connectivity index (χ3v) is 5.22. The van der Waals surface area contributed by atoms with Crippen molar-refractivity contribution < 1.29 is 14.3 Å². The van der Waals surface area contributed by atoms with Crippen molar-refractivity contribution in [3.8, 4) is 11.5 Å². The van der Waals surface area contributed by atoms with Crippen LogP contribution in [0.15, 0.2) is 42.5 Å². The number of rotatable bonds is 2. The van der Waals surface area contributed by atoms with Gasteiger partial charge in [-0.1, -0.05) is 24.3 Å². The van der Waals surface area contributed by atoms with E-state index in [9.17, 15) is 4.79 Å². The Labute approximate surface area is 134 Å². The molecular formula is C19H17NO3. The highest BCUT2D eigenvalue weighted by Crippen LogP contribution is 2.52. The Balaban J connectivity index is 1.51. The third kappa shape index (κ3) is 1.81. The second-order valence-electron chi connectivity index (χ2n) is 6.49. The molecule has 1 fully saturated rings. The van der Waals surface area contributed by atoms with Crippen molar-refractivity contribution in [2.24, 2.45) is 0 Å². The number of nitrogens with zero attached hydrogens (tertiary/aromatic N) is 1. The van der Waals surface area contributed by atoms with Crippen LogP contribution in [0.3, 0.4) is 0 Å². The lowest BCUT2D eigenvalue weighted by Gasteiger charge is -2.24. The molecule has 0 unspecified atom stereocenters. The van der Waals surface area contributed by atoms with Crippen LogP contribution in [-0.4, -0.2) is 19.2 Å². The van der Waals surface area contributed by atoms with Gasteiger partial charge in [0.1, 0.15) is 0 Å². The second kappa shape index (κ2) is 4.51. The maximum Gasteiger partial charge on any atom is 0.237 e. The predicted octanol–water partition coefficient (Wildman–Crippen LogP) is 3.04. The van der Waals surface area contributed by atoms with E-state index in [0.717, 1.165) is 48.6 Å². The van der Waals surface area contributed by atoms with Gasteiger partial charge < -0.3 is 14.4 Å². The Morgan fingerprint density at radius 2 is 1.87 bits per heavy atom. The van der Waals surface area contributed by atoms with Gasteiger partial charge in [-0.3, -0.25) is 4.79 Å². The summed E-state index contributed by atoms with van der Waals surface area (Å²) in [5.74, 6) is 1.74. The molecule has 0 spiro atoms. The number of para-hydroxylation sites is 1. The molecule has 0 N–H and O–H groups in total. The maximum atomic E-state index is 13.2. The number of carbonyl (C=O) groups excluding carboxylic acids is 1.